The standard InChI is InChI=1S/C23H28FN3O2/c1-4-16(5-2)23(29)27-11-10-18-17(14-27)12-25-15(3)20(18)13-26-22(28)19-8-6-7-9-21(19)24/h6-9,12,16H,4-5,10-11,13-14H2,1-3H3,(H,26,28). The van der Waals surface area contributed by atoms with Crippen LogP contribution in [0.5, 0.6) is 0 Å². The zero-order chi connectivity index (χ0) is 21.0. The van der Waals surface area contributed by atoms with E-state index >= 15 is 0 Å². The van der Waals surface area contributed by atoms with Crippen LogP contribution in [0.2, 0.25) is 0 Å². The van der Waals surface area contributed by atoms with Gasteiger partial charge in [0.25, 0.3) is 5.91 Å². The van der Waals surface area contributed by atoms with Crippen LogP contribution in [-0.2, 0) is 24.3 Å². The predicted molar refractivity (Wildman–Crippen MR) is 110 cm³/mol. The Kier molecular flexibility index (Phi) is 6.62. The van der Waals surface area contributed by atoms with E-state index in [1.54, 1.807) is 12.1 Å². The molecule has 0 atom stereocenters. The van der Waals surface area contributed by atoms with Crippen LogP contribution in [0.1, 0.15) is 59.4 Å². The Morgan fingerprint density at radius 2 is 1.97 bits per heavy atom. The Labute approximate surface area is 171 Å². The molecule has 1 aliphatic heterocycles. The molecule has 29 heavy (non-hydrogen) atoms. The number of benzene rings is 1. The quantitative estimate of drug-likeness (QED) is 0.807. The topological polar surface area (TPSA) is 62.3 Å². The van der Waals surface area contributed by atoms with Crippen molar-refractivity contribution in [3.05, 3.63) is 64.2 Å². The van der Waals surface area contributed by atoms with Crippen molar-refractivity contribution in [2.24, 2.45) is 5.92 Å². The zero-order valence-corrected chi connectivity index (χ0v) is 17.3. The molecule has 5 nitrogen and oxygen atoms in total. The van der Waals surface area contributed by atoms with Crippen molar-refractivity contribution in [1.82, 2.24) is 15.2 Å². The molecule has 1 aromatic carbocycles. The average molecular weight is 397 g/mol. The van der Waals surface area contributed by atoms with Gasteiger partial charge in [0.15, 0.2) is 0 Å². The molecule has 0 fully saturated rings. The lowest BCUT2D eigenvalue weighted by molar-refractivity contribution is -0.136. The van der Waals surface area contributed by atoms with Gasteiger partial charge in [-0.05, 0) is 55.0 Å². The Balaban J connectivity index is 1.76. The number of carbonyl (C=O) groups is 2. The Hall–Kier alpha value is -2.76. The molecule has 1 N–H and O–H groups in total. The number of hydrogen-bond donors (Lipinski definition) is 1. The van der Waals surface area contributed by atoms with Gasteiger partial charge < -0.3 is 10.2 Å². The second-order valence-electron chi connectivity index (χ2n) is 7.51. The third-order valence-electron chi connectivity index (χ3n) is 5.79. The molecule has 0 spiro atoms. The fourth-order valence-electron chi connectivity index (χ4n) is 3.95. The average Bonchev–Trinajstić information content (AvgIpc) is 2.73. The zero-order valence-electron chi connectivity index (χ0n) is 17.3. The van der Waals surface area contributed by atoms with Gasteiger partial charge >= 0.3 is 0 Å². The van der Waals surface area contributed by atoms with E-state index in [0.717, 1.165) is 41.6 Å². The van der Waals surface area contributed by atoms with Gasteiger partial charge in [-0.25, -0.2) is 4.39 Å². The number of carbonyl (C=O) groups excluding carboxylic acids is 2. The third-order valence-corrected chi connectivity index (χ3v) is 5.79. The fraction of sp³-hybridized carbons (Fsp3) is 0.435. The Bertz CT molecular complexity index is 909. The molecule has 0 radical (unpaired) electrons. The molecule has 1 aromatic heterocycles. The van der Waals surface area contributed by atoms with E-state index < -0.39 is 11.7 Å². The minimum atomic E-state index is -0.537. The van der Waals surface area contributed by atoms with Gasteiger partial charge in [-0.3, -0.25) is 14.6 Å². The number of aryl methyl sites for hydroxylation is 1. The van der Waals surface area contributed by atoms with Crippen molar-refractivity contribution in [2.75, 3.05) is 6.54 Å². The van der Waals surface area contributed by atoms with Crippen LogP contribution in [0, 0.1) is 18.7 Å². The monoisotopic (exact) mass is 397 g/mol. The molecule has 154 valence electrons. The molecule has 2 heterocycles. The number of nitrogens with zero attached hydrogens (tertiary/aromatic N) is 2. The highest BCUT2D eigenvalue weighted by Gasteiger charge is 2.27. The minimum Gasteiger partial charge on any atom is -0.348 e. The van der Waals surface area contributed by atoms with E-state index in [1.165, 1.54) is 12.1 Å². The van der Waals surface area contributed by atoms with Gasteiger partial charge in [-0.15, -0.1) is 0 Å². The Morgan fingerprint density at radius 3 is 2.66 bits per heavy atom. The summed E-state index contributed by atoms with van der Waals surface area (Å²) < 4.78 is 13.9. The summed E-state index contributed by atoms with van der Waals surface area (Å²) >= 11 is 0. The third kappa shape index (κ3) is 4.47. The molecule has 0 saturated carbocycles. The molecular weight excluding hydrogens is 369 g/mol. The molecule has 2 amide bonds. The lowest BCUT2D eigenvalue weighted by Gasteiger charge is -2.32. The SMILES string of the molecule is CCC(CC)C(=O)N1CCc2c(cnc(C)c2CNC(=O)c2ccccc2F)C1. The lowest BCUT2D eigenvalue weighted by Crippen LogP contribution is -2.40. The van der Waals surface area contributed by atoms with Crippen LogP contribution >= 0.6 is 0 Å². The molecule has 0 bridgehead atoms. The largest absolute Gasteiger partial charge is 0.348 e. The number of rotatable bonds is 6. The van der Waals surface area contributed by atoms with Gasteiger partial charge in [0.2, 0.25) is 5.91 Å². The molecule has 0 unspecified atom stereocenters. The van der Waals surface area contributed by atoms with Gasteiger partial charge in [-0.2, -0.15) is 0 Å². The highest BCUT2D eigenvalue weighted by molar-refractivity contribution is 5.94. The number of fused-ring (bicyclic) bond motifs is 1. The van der Waals surface area contributed by atoms with Crippen LogP contribution in [0.25, 0.3) is 0 Å². The predicted octanol–water partition coefficient (Wildman–Crippen LogP) is 3.78. The maximum atomic E-state index is 13.9. The molecular formula is C23H28FN3O2. The highest BCUT2D eigenvalue weighted by atomic mass is 19.1. The summed E-state index contributed by atoms with van der Waals surface area (Å²) in [7, 11) is 0. The maximum Gasteiger partial charge on any atom is 0.254 e. The van der Waals surface area contributed by atoms with Gasteiger partial charge in [0.1, 0.15) is 5.82 Å². The van der Waals surface area contributed by atoms with Crippen LogP contribution in [0.4, 0.5) is 4.39 Å². The summed E-state index contributed by atoms with van der Waals surface area (Å²) in [5, 5.41) is 2.82. The van der Waals surface area contributed by atoms with Crippen molar-refractivity contribution >= 4 is 11.8 Å². The van der Waals surface area contributed by atoms with Crippen molar-refractivity contribution in [2.45, 2.75) is 53.1 Å². The second kappa shape index (κ2) is 9.16. The van der Waals surface area contributed by atoms with Crippen molar-refractivity contribution in [1.29, 1.82) is 0 Å². The second-order valence-corrected chi connectivity index (χ2v) is 7.51. The summed E-state index contributed by atoms with van der Waals surface area (Å²) in [6, 6.07) is 5.94. The first-order valence-electron chi connectivity index (χ1n) is 10.2. The summed E-state index contributed by atoms with van der Waals surface area (Å²) in [4.78, 5) is 31.5. The van der Waals surface area contributed by atoms with E-state index in [9.17, 15) is 14.0 Å². The number of hydrogen-bond acceptors (Lipinski definition) is 3. The lowest BCUT2D eigenvalue weighted by atomic mass is 9.93. The van der Waals surface area contributed by atoms with E-state index in [0.29, 0.717) is 13.1 Å². The smallest absolute Gasteiger partial charge is 0.254 e. The van der Waals surface area contributed by atoms with Gasteiger partial charge in [0, 0.05) is 37.4 Å². The molecule has 1 aliphatic rings. The van der Waals surface area contributed by atoms with Gasteiger partial charge in [0.05, 0.1) is 5.56 Å². The van der Waals surface area contributed by atoms with Crippen LogP contribution in [0.15, 0.2) is 30.5 Å². The van der Waals surface area contributed by atoms with E-state index in [2.05, 4.69) is 10.3 Å². The van der Waals surface area contributed by atoms with Crippen molar-refractivity contribution in [3.8, 4) is 0 Å². The summed E-state index contributed by atoms with van der Waals surface area (Å²) in [5.41, 5.74) is 4.00. The van der Waals surface area contributed by atoms with Crippen LogP contribution in [-0.4, -0.2) is 28.2 Å². The fourth-order valence-corrected chi connectivity index (χ4v) is 3.95. The molecule has 3 rings (SSSR count). The number of aromatic nitrogens is 1. The molecule has 0 aliphatic carbocycles. The number of amides is 2. The summed E-state index contributed by atoms with van der Waals surface area (Å²) in [6.07, 6.45) is 4.25. The molecule has 2 aromatic rings. The molecule has 0 saturated heterocycles. The van der Waals surface area contributed by atoms with Crippen molar-refractivity contribution < 1.29 is 14.0 Å². The normalized spacial score (nSPS) is 13.3. The summed E-state index contributed by atoms with van der Waals surface area (Å²) in [6.45, 7) is 7.50. The first kappa shape index (κ1) is 21.0. The first-order chi connectivity index (χ1) is 14.0. The number of pyridine rings is 1. The van der Waals surface area contributed by atoms with Crippen LogP contribution in [0.3, 0.4) is 0 Å². The van der Waals surface area contributed by atoms with E-state index in [4.69, 9.17) is 0 Å². The minimum absolute atomic E-state index is 0.0323. The Morgan fingerprint density at radius 1 is 1.24 bits per heavy atom. The van der Waals surface area contributed by atoms with Crippen molar-refractivity contribution in [3.63, 3.8) is 0 Å². The van der Waals surface area contributed by atoms with E-state index in [1.807, 2.05) is 31.9 Å². The maximum absolute atomic E-state index is 13.9. The van der Waals surface area contributed by atoms with Crippen LogP contribution < -0.4 is 5.32 Å². The number of halogens is 1. The summed E-state index contributed by atoms with van der Waals surface area (Å²) in [5.74, 6) is -0.711. The molecule has 6 heteroatoms. The highest BCUT2D eigenvalue weighted by Crippen LogP contribution is 2.26. The first-order valence-corrected chi connectivity index (χ1v) is 10.2. The number of nitrogens with one attached hydrogen (secondary N) is 1. The van der Waals surface area contributed by atoms with Gasteiger partial charge in [-0.1, -0.05) is 26.0 Å². The van der Waals surface area contributed by atoms with E-state index in [-0.39, 0.29) is 23.9 Å².